The second kappa shape index (κ2) is 10.4. The maximum atomic E-state index is 13.0. The molecule has 0 fully saturated rings. The second-order valence-corrected chi connectivity index (χ2v) is 8.34. The number of fused-ring (bicyclic) bond motifs is 1. The fourth-order valence-electron chi connectivity index (χ4n) is 3.70. The third kappa shape index (κ3) is 5.55. The molecule has 2 aromatic carbocycles. The second-order valence-electron chi connectivity index (χ2n) is 7.10. The molecule has 11 heteroatoms. The number of ketones is 1. The molecule has 1 aliphatic carbocycles. The maximum absolute atomic E-state index is 13.0. The van der Waals surface area contributed by atoms with Crippen LogP contribution in [0.15, 0.2) is 23.8 Å². The third-order valence-corrected chi connectivity index (χ3v) is 5.38. The number of benzene rings is 2. The fourth-order valence-corrected chi connectivity index (χ4v) is 3.89. The molecule has 0 amide bonds. The Balaban J connectivity index is 0.00000272. The molecule has 3 rings (SSSR count). The van der Waals surface area contributed by atoms with Crippen LogP contribution >= 0.6 is 7.82 Å². The van der Waals surface area contributed by atoms with Crippen molar-refractivity contribution in [2.75, 3.05) is 26.7 Å². The molecule has 168 valence electrons. The Morgan fingerprint density at radius 2 is 1.75 bits per heavy atom. The number of nitrogens with two attached hydrogens (primary N) is 1. The van der Waals surface area contributed by atoms with Gasteiger partial charge >= 0.3 is 37.4 Å². The normalized spacial score (nSPS) is 14.2. The van der Waals surface area contributed by atoms with Crippen molar-refractivity contribution in [1.82, 2.24) is 0 Å². The van der Waals surface area contributed by atoms with Gasteiger partial charge in [0.05, 0.1) is 25.5 Å². The molecular weight excluding hydrogens is 448 g/mol. The molecule has 0 unspecified atom stereocenters. The number of phosphoric acid groups is 1. The molecule has 2 aromatic rings. The van der Waals surface area contributed by atoms with Gasteiger partial charge in [0.15, 0.2) is 24.1 Å². The van der Waals surface area contributed by atoms with Gasteiger partial charge in [-0.2, -0.15) is 0 Å². The smallest absolute Gasteiger partial charge is 1.00 e. The summed E-state index contributed by atoms with van der Waals surface area (Å²) in [6, 6.07) is 5.39. The number of nitrogen functional groups attached to an aromatic ring is 1. The fraction of sp³-hybridized carbons (Fsp3) is 0.286. The van der Waals surface area contributed by atoms with Crippen LogP contribution in [0.5, 0.6) is 17.2 Å². The Labute approximate surface area is 209 Å². The average Bonchev–Trinajstić information content (AvgIpc) is 2.98. The molecule has 4 N–H and O–H groups in total. The molecule has 9 nitrogen and oxygen atoms in total. The molecule has 0 atom stereocenters. The first-order chi connectivity index (χ1) is 14.6. The largest absolute Gasteiger partial charge is 1.00 e. The van der Waals surface area contributed by atoms with Gasteiger partial charge in [-0.1, -0.05) is 0 Å². The van der Waals surface area contributed by atoms with Crippen LogP contribution in [0.3, 0.4) is 0 Å². The van der Waals surface area contributed by atoms with E-state index in [2.05, 4.69) is 4.52 Å². The summed E-state index contributed by atoms with van der Waals surface area (Å²) in [6.45, 7) is 3.00. The number of phosphoric ester groups is 1. The van der Waals surface area contributed by atoms with E-state index in [0.717, 1.165) is 22.3 Å². The minimum absolute atomic E-state index is 0. The van der Waals surface area contributed by atoms with Crippen molar-refractivity contribution in [2.24, 2.45) is 0 Å². The number of anilines is 1. The van der Waals surface area contributed by atoms with Crippen LogP contribution in [0.2, 0.25) is 0 Å². The number of hydrogen-bond acceptors (Lipinski definition) is 7. The van der Waals surface area contributed by atoms with Gasteiger partial charge in [0, 0.05) is 12.0 Å². The number of carbonyl (C=O) groups is 1. The van der Waals surface area contributed by atoms with Gasteiger partial charge in [0.25, 0.3) is 0 Å². The summed E-state index contributed by atoms with van der Waals surface area (Å²) >= 11 is 0. The van der Waals surface area contributed by atoms with Crippen molar-refractivity contribution < 1.29 is 68.9 Å². The summed E-state index contributed by atoms with van der Waals surface area (Å²) in [7, 11) is -1.63. The SMILES string of the molecule is COc1cc2c(c(N)c1OC)C(=O)C(=Cc1cc(C)c(OCOP(=O)(O)O)c(C)c1)C2.[H-].[Na+]. The standard InChI is InChI=1S/C21H24NO8P.Na.H/c1-11-5-13(6-12(2)20(11)29-10-30-31(24,25)26)7-15-8-14-9-16(27-3)21(28-4)18(22)17(14)19(15)23;;/h5-7,9H,8,10,22H2,1-4H3,(H2,24,25,26);;/q;+1;-1. The van der Waals surface area contributed by atoms with Gasteiger partial charge in [-0.25, -0.2) is 9.09 Å². The van der Waals surface area contributed by atoms with E-state index in [1.807, 2.05) is 12.1 Å². The molecule has 0 heterocycles. The summed E-state index contributed by atoms with van der Waals surface area (Å²) < 4.78 is 31.1. The molecule has 0 saturated heterocycles. The number of methoxy groups -OCH3 is 2. The van der Waals surface area contributed by atoms with Gasteiger partial charge in [0.2, 0.25) is 0 Å². The predicted molar refractivity (Wildman–Crippen MR) is 116 cm³/mol. The van der Waals surface area contributed by atoms with Crippen LogP contribution in [0, 0.1) is 13.8 Å². The van der Waals surface area contributed by atoms with Crippen molar-refractivity contribution in [3.05, 3.63) is 51.6 Å². The van der Waals surface area contributed by atoms with Crippen LogP contribution in [0.4, 0.5) is 5.69 Å². The summed E-state index contributed by atoms with van der Waals surface area (Å²) in [6.07, 6.45) is 2.20. The van der Waals surface area contributed by atoms with Crippen LogP contribution in [0.25, 0.3) is 6.08 Å². The van der Waals surface area contributed by atoms with Gasteiger partial charge in [0.1, 0.15) is 5.75 Å². The van der Waals surface area contributed by atoms with Crippen molar-refractivity contribution in [3.8, 4) is 17.2 Å². The van der Waals surface area contributed by atoms with Crippen LogP contribution in [0.1, 0.15) is 34.0 Å². The van der Waals surface area contributed by atoms with E-state index >= 15 is 0 Å². The van der Waals surface area contributed by atoms with Crippen molar-refractivity contribution in [3.63, 3.8) is 0 Å². The van der Waals surface area contributed by atoms with Gasteiger partial charge in [-0.05, 0) is 60.4 Å². The van der Waals surface area contributed by atoms with E-state index in [1.54, 1.807) is 26.0 Å². The zero-order valence-corrected chi connectivity index (χ0v) is 21.5. The summed E-state index contributed by atoms with van der Waals surface area (Å²) in [5, 5.41) is 0. The van der Waals surface area contributed by atoms with E-state index < -0.39 is 14.6 Å². The molecule has 1 aliphatic rings. The minimum Gasteiger partial charge on any atom is -1.00 e. The van der Waals surface area contributed by atoms with E-state index in [1.165, 1.54) is 14.2 Å². The number of hydrogen-bond donors (Lipinski definition) is 3. The monoisotopic (exact) mass is 473 g/mol. The number of Topliss-reactive ketones (excluding diaryl/α,β-unsaturated/α-hetero) is 1. The first-order valence-corrected chi connectivity index (χ1v) is 10.8. The Hall–Kier alpha value is -1.84. The van der Waals surface area contributed by atoms with Crippen LogP contribution in [-0.4, -0.2) is 36.6 Å². The zero-order chi connectivity index (χ0) is 22.9. The number of aryl methyl sites for hydroxylation is 2. The molecule has 32 heavy (non-hydrogen) atoms. The molecule has 0 aromatic heterocycles. The summed E-state index contributed by atoms with van der Waals surface area (Å²) in [5.74, 6) is 1.09. The third-order valence-electron chi connectivity index (χ3n) is 4.94. The van der Waals surface area contributed by atoms with E-state index in [-0.39, 0.29) is 42.5 Å². The number of ether oxygens (including phenoxy) is 3. The Kier molecular flexibility index (Phi) is 8.58. The minimum atomic E-state index is -4.61. The van der Waals surface area contributed by atoms with Gasteiger partial charge in [-0.3, -0.25) is 4.79 Å². The maximum Gasteiger partial charge on any atom is 1.00 e. The van der Waals surface area contributed by atoms with Gasteiger partial charge in [-0.15, -0.1) is 0 Å². The van der Waals surface area contributed by atoms with E-state index in [4.69, 9.17) is 29.7 Å². The number of carbonyl (C=O) groups excluding carboxylic acids is 1. The summed E-state index contributed by atoms with van der Waals surface area (Å²) in [5.41, 5.74) is 10.4. The molecular formula is C21H25NNaO8P. The average molecular weight is 473 g/mol. The van der Waals surface area contributed by atoms with E-state index in [0.29, 0.717) is 34.8 Å². The van der Waals surface area contributed by atoms with Crippen LogP contribution < -0.4 is 49.5 Å². The Morgan fingerprint density at radius 3 is 2.28 bits per heavy atom. The first-order valence-electron chi connectivity index (χ1n) is 9.28. The molecule has 0 bridgehead atoms. The topological polar surface area (TPSA) is 138 Å². The molecule has 0 saturated carbocycles. The predicted octanol–water partition coefficient (Wildman–Crippen LogP) is 0.287. The number of rotatable bonds is 7. The Morgan fingerprint density at radius 1 is 1.12 bits per heavy atom. The number of allylic oxidation sites excluding steroid dienone is 1. The van der Waals surface area contributed by atoms with Gasteiger partial charge < -0.3 is 31.2 Å². The van der Waals surface area contributed by atoms with Crippen molar-refractivity contribution >= 4 is 25.4 Å². The van der Waals surface area contributed by atoms with Crippen molar-refractivity contribution in [1.29, 1.82) is 0 Å². The summed E-state index contributed by atoms with van der Waals surface area (Å²) in [4.78, 5) is 30.5. The quantitative estimate of drug-likeness (QED) is 0.170. The van der Waals surface area contributed by atoms with E-state index in [9.17, 15) is 9.36 Å². The van der Waals surface area contributed by atoms with Crippen molar-refractivity contribution in [2.45, 2.75) is 20.3 Å². The molecule has 0 spiro atoms. The zero-order valence-electron chi connectivity index (χ0n) is 19.6. The molecule has 0 radical (unpaired) electrons. The molecule has 0 aliphatic heterocycles. The van der Waals surface area contributed by atoms with Crippen LogP contribution in [-0.2, 0) is 15.5 Å². The first kappa shape index (κ1) is 26.4. The Bertz CT molecular complexity index is 1110.